The van der Waals surface area contributed by atoms with Crippen LogP contribution < -0.4 is 0 Å². The third-order valence-corrected chi connectivity index (χ3v) is 3.42. The lowest BCUT2D eigenvalue weighted by Crippen LogP contribution is -1.82. The van der Waals surface area contributed by atoms with Crippen molar-refractivity contribution in [1.82, 2.24) is 0 Å². The molecule has 0 saturated carbocycles. The summed E-state index contributed by atoms with van der Waals surface area (Å²) in [4.78, 5) is 0. The van der Waals surface area contributed by atoms with Gasteiger partial charge in [-0.1, -0.05) is 78.3 Å². The molecular weight excluding hydrogens is 252 g/mol. The van der Waals surface area contributed by atoms with Gasteiger partial charge in [-0.15, -0.1) is 0 Å². The maximum absolute atomic E-state index is 6.41. The standard InChI is InChI=1S/C18H12Cl/c19-18-13-16(14-7-3-1-4-8-14)11-12-17(18)15-9-5-2-6-10-15/h2-13H. The Kier molecular flexibility index (Phi) is 3.35. The summed E-state index contributed by atoms with van der Waals surface area (Å²) in [6.07, 6.45) is 0. The SMILES string of the molecule is Clc1cc(-c2cc[c]cc2)ccc1-c1ccccc1. The molecule has 0 heterocycles. The fourth-order valence-corrected chi connectivity index (χ4v) is 2.42. The van der Waals surface area contributed by atoms with E-state index >= 15 is 0 Å². The van der Waals surface area contributed by atoms with Gasteiger partial charge in [-0.3, -0.25) is 0 Å². The third-order valence-electron chi connectivity index (χ3n) is 3.11. The summed E-state index contributed by atoms with van der Waals surface area (Å²) in [5.41, 5.74) is 4.48. The van der Waals surface area contributed by atoms with Crippen molar-refractivity contribution in [2.24, 2.45) is 0 Å². The summed E-state index contributed by atoms with van der Waals surface area (Å²) < 4.78 is 0. The molecule has 0 amide bonds. The lowest BCUT2D eigenvalue weighted by atomic mass is 10.0. The van der Waals surface area contributed by atoms with Gasteiger partial charge in [-0.05, 0) is 28.8 Å². The molecule has 3 aromatic rings. The van der Waals surface area contributed by atoms with Crippen LogP contribution in [0.25, 0.3) is 22.3 Å². The highest BCUT2D eigenvalue weighted by atomic mass is 35.5. The fourth-order valence-electron chi connectivity index (χ4n) is 2.13. The van der Waals surface area contributed by atoms with Crippen LogP contribution in [0.1, 0.15) is 0 Å². The van der Waals surface area contributed by atoms with E-state index in [0.717, 1.165) is 27.3 Å². The summed E-state index contributed by atoms with van der Waals surface area (Å²) in [6, 6.07) is 27.3. The predicted molar refractivity (Wildman–Crippen MR) is 81.2 cm³/mol. The van der Waals surface area contributed by atoms with E-state index in [1.807, 2.05) is 48.5 Å². The molecule has 91 valence electrons. The van der Waals surface area contributed by atoms with Crippen molar-refractivity contribution in [3.8, 4) is 22.3 Å². The topological polar surface area (TPSA) is 0 Å². The molecule has 0 aromatic heterocycles. The average molecular weight is 264 g/mol. The maximum Gasteiger partial charge on any atom is 0.0490 e. The molecule has 0 aliphatic heterocycles. The van der Waals surface area contributed by atoms with Crippen molar-refractivity contribution in [2.75, 3.05) is 0 Å². The molecule has 0 atom stereocenters. The van der Waals surface area contributed by atoms with Crippen molar-refractivity contribution >= 4 is 11.6 Å². The first-order valence-corrected chi connectivity index (χ1v) is 6.54. The fraction of sp³-hybridized carbons (Fsp3) is 0. The van der Waals surface area contributed by atoms with Crippen LogP contribution in [0.2, 0.25) is 5.02 Å². The van der Waals surface area contributed by atoms with Crippen LogP contribution in [0, 0.1) is 6.07 Å². The zero-order chi connectivity index (χ0) is 13.1. The van der Waals surface area contributed by atoms with Gasteiger partial charge in [0.1, 0.15) is 0 Å². The van der Waals surface area contributed by atoms with Crippen LogP contribution in [0.3, 0.4) is 0 Å². The highest BCUT2D eigenvalue weighted by molar-refractivity contribution is 6.33. The zero-order valence-corrected chi connectivity index (χ0v) is 11.1. The first-order valence-electron chi connectivity index (χ1n) is 6.16. The van der Waals surface area contributed by atoms with E-state index in [9.17, 15) is 0 Å². The van der Waals surface area contributed by atoms with Crippen molar-refractivity contribution < 1.29 is 0 Å². The monoisotopic (exact) mass is 263 g/mol. The molecule has 0 aliphatic carbocycles. The molecular formula is C18H12Cl. The largest absolute Gasteiger partial charge is 0.0836 e. The molecule has 0 saturated heterocycles. The van der Waals surface area contributed by atoms with Crippen LogP contribution in [-0.2, 0) is 0 Å². The van der Waals surface area contributed by atoms with Crippen molar-refractivity contribution in [2.45, 2.75) is 0 Å². The van der Waals surface area contributed by atoms with E-state index in [2.05, 4.69) is 30.3 Å². The Bertz CT molecular complexity index is 673. The second kappa shape index (κ2) is 5.29. The molecule has 1 heteroatoms. The maximum atomic E-state index is 6.41. The minimum absolute atomic E-state index is 0.775. The summed E-state index contributed by atoms with van der Waals surface area (Å²) in [6.45, 7) is 0. The Balaban J connectivity index is 2.04. The van der Waals surface area contributed by atoms with Gasteiger partial charge in [0.05, 0.1) is 0 Å². The van der Waals surface area contributed by atoms with E-state index in [1.165, 1.54) is 0 Å². The molecule has 0 bridgehead atoms. The van der Waals surface area contributed by atoms with Gasteiger partial charge in [-0.2, -0.15) is 0 Å². The highest BCUT2D eigenvalue weighted by Gasteiger charge is 2.05. The molecule has 0 N–H and O–H groups in total. The van der Waals surface area contributed by atoms with E-state index in [4.69, 9.17) is 11.6 Å². The minimum Gasteiger partial charge on any atom is -0.0836 e. The van der Waals surface area contributed by atoms with Crippen LogP contribution in [0.15, 0.2) is 72.8 Å². The average Bonchev–Trinajstić information content (AvgIpc) is 2.49. The Morgan fingerprint density at radius 1 is 0.684 bits per heavy atom. The molecule has 0 unspecified atom stereocenters. The van der Waals surface area contributed by atoms with Gasteiger partial charge in [0.25, 0.3) is 0 Å². The van der Waals surface area contributed by atoms with Crippen LogP contribution in [0.5, 0.6) is 0 Å². The van der Waals surface area contributed by atoms with Gasteiger partial charge in [-0.25, -0.2) is 0 Å². The minimum atomic E-state index is 0.775. The zero-order valence-electron chi connectivity index (χ0n) is 10.3. The second-order valence-electron chi connectivity index (χ2n) is 4.35. The number of rotatable bonds is 2. The first kappa shape index (κ1) is 12.0. The number of halogens is 1. The summed E-state index contributed by atoms with van der Waals surface area (Å²) >= 11 is 6.41. The molecule has 0 aliphatic rings. The van der Waals surface area contributed by atoms with Gasteiger partial charge in [0.15, 0.2) is 0 Å². The number of benzene rings is 3. The lowest BCUT2D eigenvalue weighted by molar-refractivity contribution is 1.58. The van der Waals surface area contributed by atoms with E-state index < -0.39 is 0 Å². The molecule has 19 heavy (non-hydrogen) atoms. The molecule has 3 rings (SSSR count). The van der Waals surface area contributed by atoms with Gasteiger partial charge in [0, 0.05) is 10.6 Å². The van der Waals surface area contributed by atoms with E-state index in [0.29, 0.717) is 0 Å². The van der Waals surface area contributed by atoms with Gasteiger partial charge in [0.2, 0.25) is 0 Å². The first-order chi connectivity index (χ1) is 9.34. The van der Waals surface area contributed by atoms with Crippen LogP contribution >= 0.6 is 11.6 Å². The molecule has 0 fully saturated rings. The van der Waals surface area contributed by atoms with Crippen LogP contribution in [0.4, 0.5) is 0 Å². The third kappa shape index (κ3) is 2.54. The van der Waals surface area contributed by atoms with Crippen molar-refractivity contribution in [3.63, 3.8) is 0 Å². The van der Waals surface area contributed by atoms with Crippen molar-refractivity contribution in [3.05, 3.63) is 83.9 Å². The van der Waals surface area contributed by atoms with E-state index in [1.54, 1.807) is 0 Å². The Labute approximate surface area is 118 Å². The Morgan fingerprint density at radius 2 is 1.42 bits per heavy atom. The quantitative estimate of drug-likeness (QED) is 0.575. The Hall–Kier alpha value is -2.05. The molecule has 3 aromatic carbocycles. The smallest absolute Gasteiger partial charge is 0.0490 e. The summed E-state index contributed by atoms with van der Waals surface area (Å²) in [5, 5.41) is 0.775. The normalized spacial score (nSPS) is 10.4. The van der Waals surface area contributed by atoms with Crippen molar-refractivity contribution in [1.29, 1.82) is 0 Å². The molecule has 0 spiro atoms. The summed E-state index contributed by atoms with van der Waals surface area (Å²) in [5.74, 6) is 0. The number of hydrogen-bond donors (Lipinski definition) is 0. The highest BCUT2D eigenvalue weighted by Crippen LogP contribution is 2.31. The summed E-state index contributed by atoms with van der Waals surface area (Å²) in [7, 11) is 0. The van der Waals surface area contributed by atoms with Gasteiger partial charge >= 0.3 is 0 Å². The second-order valence-corrected chi connectivity index (χ2v) is 4.76. The predicted octanol–water partition coefficient (Wildman–Crippen LogP) is 5.47. The Morgan fingerprint density at radius 3 is 2.11 bits per heavy atom. The molecule has 0 nitrogen and oxygen atoms in total. The molecule has 1 radical (unpaired) electrons. The lowest BCUT2D eigenvalue weighted by Gasteiger charge is -2.07. The van der Waals surface area contributed by atoms with Gasteiger partial charge < -0.3 is 0 Å². The van der Waals surface area contributed by atoms with E-state index in [-0.39, 0.29) is 0 Å². The number of hydrogen-bond acceptors (Lipinski definition) is 0. The van der Waals surface area contributed by atoms with Crippen LogP contribution in [-0.4, -0.2) is 0 Å².